The van der Waals surface area contributed by atoms with E-state index in [1.807, 2.05) is 6.92 Å². The van der Waals surface area contributed by atoms with Crippen molar-refractivity contribution in [1.29, 1.82) is 0 Å². The SMILES string of the molecule is CCC1CCCCN1Cc1c(O)c(=O)cc(C)n1CC(C)C. The van der Waals surface area contributed by atoms with E-state index in [1.54, 1.807) is 6.07 Å². The smallest absolute Gasteiger partial charge is 0.223 e. The first-order valence-electron chi connectivity index (χ1n) is 8.60. The van der Waals surface area contributed by atoms with Crippen LogP contribution in [0.1, 0.15) is 57.8 Å². The van der Waals surface area contributed by atoms with Crippen LogP contribution >= 0.6 is 0 Å². The third kappa shape index (κ3) is 3.72. The van der Waals surface area contributed by atoms with Crippen LogP contribution in [0, 0.1) is 12.8 Å². The van der Waals surface area contributed by atoms with Crippen molar-refractivity contribution in [2.45, 2.75) is 72.5 Å². The maximum atomic E-state index is 12.0. The Morgan fingerprint density at radius 3 is 2.73 bits per heavy atom. The number of pyridine rings is 1. The van der Waals surface area contributed by atoms with Gasteiger partial charge in [0.1, 0.15) is 0 Å². The predicted molar refractivity (Wildman–Crippen MR) is 90.3 cm³/mol. The summed E-state index contributed by atoms with van der Waals surface area (Å²) in [4.78, 5) is 14.4. The van der Waals surface area contributed by atoms with Crippen molar-refractivity contribution in [1.82, 2.24) is 9.47 Å². The van der Waals surface area contributed by atoms with Gasteiger partial charge in [-0.25, -0.2) is 0 Å². The van der Waals surface area contributed by atoms with Crippen molar-refractivity contribution >= 4 is 0 Å². The van der Waals surface area contributed by atoms with Crippen molar-refractivity contribution < 1.29 is 5.11 Å². The number of aryl methyl sites for hydroxylation is 1. The Kier molecular flexibility index (Phi) is 5.68. The minimum atomic E-state index is -0.252. The molecule has 22 heavy (non-hydrogen) atoms. The summed E-state index contributed by atoms with van der Waals surface area (Å²) >= 11 is 0. The second-order valence-corrected chi connectivity index (χ2v) is 6.98. The van der Waals surface area contributed by atoms with E-state index in [1.165, 1.54) is 19.3 Å². The largest absolute Gasteiger partial charge is 0.503 e. The lowest BCUT2D eigenvalue weighted by molar-refractivity contribution is 0.130. The van der Waals surface area contributed by atoms with Crippen LogP contribution in [-0.4, -0.2) is 27.2 Å². The van der Waals surface area contributed by atoms with Crippen LogP contribution in [0.25, 0.3) is 0 Å². The fourth-order valence-electron chi connectivity index (χ4n) is 3.52. The van der Waals surface area contributed by atoms with Gasteiger partial charge in [-0.3, -0.25) is 9.69 Å². The number of aromatic hydroxyl groups is 1. The molecule has 0 bridgehead atoms. The summed E-state index contributed by atoms with van der Waals surface area (Å²) in [7, 11) is 0. The Morgan fingerprint density at radius 2 is 2.09 bits per heavy atom. The molecule has 0 spiro atoms. The standard InChI is InChI=1S/C18H30N2O2/c1-5-15-8-6-7-9-19(15)12-16-18(22)17(21)10-14(4)20(16)11-13(2)3/h10,13,15,22H,5-9,11-12H2,1-4H3. The summed E-state index contributed by atoms with van der Waals surface area (Å²) < 4.78 is 2.13. The third-order valence-corrected chi connectivity index (χ3v) is 4.72. The molecule has 1 aliphatic rings. The molecule has 1 aliphatic heterocycles. The molecule has 0 aromatic carbocycles. The van der Waals surface area contributed by atoms with Crippen LogP contribution in [0.15, 0.2) is 10.9 Å². The van der Waals surface area contributed by atoms with Gasteiger partial charge in [0.15, 0.2) is 5.75 Å². The molecule has 2 heterocycles. The second-order valence-electron chi connectivity index (χ2n) is 6.98. The molecule has 0 saturated carbocycles. The van der Waals surface area contributed by atoms with Crippen LogP contribution in [-0.2, 0) is 13.1 Å². The molecule has 124 valence electrons. The molecular formula is C18H30N2O2. The maximum Gasteiger partial charge on any atom is 0.223 e. The quantitative estimate of drug-likeness (QED) is 0.908. The third-order valence-electron chi connectivity index (χ3n) is 4.72. The molecule has 0 aliphatic carbocycles. The first-order valence-corrected chi connectivity index (χ1v) is 8.60. The molecule has 0 amide bonds. The number of hydrogen-bond acceptors (Lipinski definition) is 3. The fraction of sp³-hybridized carbons (Fsp3) is 0.722. The lowest BCUT2D eigenvalue weighted by atomic mass is 9.99. The zero-order chi connectivity index (χ0) is 16.3. The monoisotopic (exact) mass is 306 g/mol. The van der Waals surface area contributed by atoms with Gasteiger partial charge in [0, 0.05) is 30.9 Å². The zero-order valence-electron chi connectivity index (χ0n) is 14.4. The molecule has 4 nitrogen and oxygen atoms in total. The van der Waals surface area contributed by atoms with Gasteiger partial charge >= 0.3 is 0 Å². The number of hydrogen-bond donors (Lipinski definition) is 1. The molecular weight excluding hydrogens is 276 g/mol. The van der Waals surface area contributed by atoms with Crippen LogP contribution in [0.2, 0.25) is 0 Å². The highest BCUT2D eigenvalue weighted by atomic mass is 16.3. The van der Waals surface area contributed by atoms with Crippen LogP contribution in [0.5, 0.6) is 5.75 Å². The van der Waals surface area contributed by atoms with Crippen molar-refractivity contribution in [3.05, 3.63) is 27.7 Å². The summed E-state index contributed by atoms with van der Waals surface area (Å²) in [6.45, 7) is 11.1. The Morgan fingerprint density at radius 1 is 1.36 bits per heavy atom. The number of likely N-dealkylation sites (tertiary alicyclic amines) is 1. The summed E-state index contributed by atoms with van der Waals surface area (Å²) in [5.74, 6) is 0.411. The van der Waals surface area contributed by atoms with Gasteiger partial charge in [-0.2, -0.15) is 0 Å². The first-order chi connectivity index (χ1) is 10.4. The summed E-state index contributed by atoms with van der Waals surface area (Å²) in [6.07, 6.45) is 4.84. The van der Waals surface area contributed by atoms with E-state index in [0.29, 0.717) is 18.5 Å². The second kappa shape index (κ2) is 7.32. The van der Waals surface area contributed by atoms with Gasteiger partial charge in [-0.15, -0.1) is 0 Å². The van der Waals surface area contributed by atoms with E-state index in [4.69, 9.17) is 0 Å². The first kappa shape index (κ1) is 17.1. The van der Waals surface area contributed by atoms with Crippen molar-refractivity contribution in [3.8, 4) is 5.75 Å². The molecule has 1 aromatic rings. The number of piperidine rings is 1. The van der Waals surface area contributed by atoms with Gasteiger partial charge in [0.25, 0.3) is 0 Å². The maximum absolute atomic E-state index is 12.0. The van der Waals surface area contributed by atoms with E-state index >= 15 is 0 Å². The Bertz CT molecular complexity index is 563. The van der Waals surface area contributed by atoms with E-state index < -0.39 is 0 Å². The van der Waals surface area contributed by atoms with E-state index in [0.717, 1.165) is 30.9 Å². The summed E-state index contributed by atoms with van der Waals surface area (Å²) in [5.41, 5.74) is 1.48. The highest BCUT2D eigenvalue weighted by Gasteiger charge is 2.24. The highest BCUT2D eigenvalue weighted by molar-refractivity contribution is 5.30. The van der Waals surface area contributed by atoms with Crippen molar-refractivity contribution in [2.24, 2.45) is 5.92 Å². The normalized spacial score (nSPS) is 19.8. The number of rotatable bonds is 5. The number of aromatic nitrogens is 1. The minimum Gasteiger partial charge on any atom is -0.503 e. The molecule has 1 N–H and O–H groups in total. The van der Waals surface area contributed by atoms with Gasteiger partial charge in [-0.1, -0.05) is 27.2 Å². The molecule has 4 heteroatoms. The molecule has 1 unspecified atom stereocenters. The topological polar surface area (TPSA) is 45.5 Å². The molecule has 2 rings (SSSR count). The van der Waals surface area contributed by atoms with Gasteiger partial charge < -0.3 is 9.67 Å². The van der Waals surface area contributed by atoms with E-state index in [9.17, 15) is 9.90 Å². The molecule has 0 radical (unpaired) electrons. The average Bonchev–Trinajstić information content (AvgIpc) is 2.48. The number of nitrogens with zero attached hydrogens (tertiary/aromatic N) is 2. The summed E-state index contributed by atoms with van der Waals surface area (Å²) in [5, 5.41) is 10.3. The fourth-order valence-corrected chi connectivity index (χ4v) is 3.52. The van der Waals surface area contributed by atoms with E-state index in [-0.39, 0.29) is 11.2 Å². The Labute approximate surface area is 133 Å². The average molecular weight is 306 g/mol. The van der Waals surface area contributed by atoms with Crippen LogP contribution in [0.4, 0.5) is 0 Å². The minimum absolute atomic E-state index is 0.0633. The van der Waals surface area contributed by atoms with E-state index in [2.05, 4.69) is 30.2 Å². The van der Waals surface area contributed by atoms with Crippen LogP contribution < -0.4 is 5.43 Å². The zero-order valence-corrected chi connectivity index (χ0v) is 14.4. The Hall–Kier alpha value is -1.29. The van der Waals surface area contributed by atoms with Crippen LogP contribution in [0.3, 0.4) is 0 Å². The molecule has 1 aromatic heterocycles. The van der Waals surface area contributed by atoms with Gasteiger partial charge in [0.05, 0.1) is 5.69 Å². The molecule has 1 atom stereocenters. The van der Waals surface area contributed by atoms with Crippen molar-refractivity contribution in [2.75, 3.05) is 6.54 Å². The molecule has 1 saturated heterocycles. The Balaban J connectivity index is 2.37. The molecule has 1 fully saturated rings. The van der Waals surface area contributed by atoms with Gasteiger partial charge in [0.2, 0.25) is 5.43 Å². The van der Waals surface area contributed by atoms with Crippen molar-refractivity contribution in [3.63, 3.8) is 0 Å². The van der Waals surface area contributed by atoms with Gasteiger partial charge in [-0.05, 0) is 38.6 Å². The highest BCUT2D eigenvalue weighted by Crippen LogP contribution is 2.25. The lowest BCUT2D eigenvalue weighted by Gasteiger charge is -2.36. The lowest BCUT2D eigenvalue weighted by Crippen LogP contribution is -2.39. The predicted octanol–water partition coefficient (Wildman–Crippen LogP) is 3.28. The summed E-state index contributed by atoms with van der Waals surface area (Å²) in [6, 6.07) is 2.12.